The van der Waals surface area contributed by atoms with Gasteiger partial charge in [0.1, 0.15) is 18.2 Å². The Balaban J connectivity index is 2.30. The molecule has 3 rings (SSSR count). The predicted octanol–water partition coefficient (Wildman–Crippen LogP) is 1.19. The Morgan fingerprint density at radius 3 is 2.54 bits per heavy atom. The fourth-order valence-electron chi connectivity index (χ4n) is 3.03. The van der Waals surface area contributed by atoms with E-state index >= 15 is 0 Å². The Kier molecular flexibility index (Phi) is 6.22. The third-order valence-electron chi connectivity index (χ3n) is 4.95. The molecular formula is C25H29FN6O7. The molecule has 0 unspecified atom stereocenters. The molecule has 0 radical (unpaired) electrons. The van der Waals surface area contributed by atoms with Crippen LogP contribution in [-0.2, 0) is 28.6 Å². The molecule has 2 heterocycles. The van der Waals surface area contributed by atoms with Gasteiger partial charge in [-0.05, 0) is 31.4 Å². The molecule has 0 aliphatic carbocycles. The van der Waals surface area contributed by atoms with Crippen LogP contribution < -0.4 is 20.9 Å². The van der Waals surface area contributed by atoms with Crippen molar-refractivity contribution in [3.8, 4) is 5.75 Å². The van der Waals surface area contributed by atoms with Crippen molar-refractivity contribution in [3.63, 3.8) is 0 Å². The van der Waals surface area contributed by atoms with Gasteiger partial charge in [0.25, 0.3) is 11.5 Å². The highest BCUT2D eigenvalue weighted by Gasteiger charge is 2.33. The van der Waals surface area contributed by atoms with Crippen molar-refractivity contribution in [2.75, 3.05) is 20.3 Å². The molecule has 0 spiro atoms. The highest BCUT2D eigenvalue weighted by atomic mass is 19.1. The van der Waals surface area contributed by atoms with Gasteiger partial charge >= 0.3 is 11.8 Å². The summed E-state index contributed by atoms with van der Waals surface area (Å²) in [6, 6.07) is 3.83. The molecule has 1 aromatic carbocycles. The molecule has 2 N–H and O–H groups in total. The van der Waals surface area contributed by atoms with E-state index in [1.165, 1.54) is 14.0 Å². The molecule has 39 heavy (non-hydrogen) atoms. The van der Waals surface area contributed by atoms with E-state index in [9.17, 15) is 23.6 Å². The largest absolute Gasteiger partial charge is 0.478 e. The molecule has 0 aliphatic rings. The number of carbonyl (C=O) groups excluding carboxylic acids is 3. The molecule has 3 aromatic rings. The molecule has 0 saturated heterocycles. The number of nitrogens with zero attached hydrogens (tertiary/aromatic N) is 4. The van der Waals surface area contributed by atoms with E-state index in [-0.39, 0.29) is 24.5 Å². The summed E-state index contributed by atoms with van der Waals surface area (Å²) in [6.45, 7) is -9.83. The van der Waals surface area contributed by atoms with Crippen molar-refractivity contribution in [1.29, 1.82) is 0 Å². The second-order valence-electron chi connectivity index (χ2n) is 7.96. The van der Waals surface area contributed by atoms with Crippen molar-refractivity contribution in [3.05, 3.63) is 69.3 Å². The number of aryl methyl sites for hydroxylation is 1. The number of aromatic nitrogens is 4. The van der Waals surface area contributed by atoms with Crippen LogP contribution in [0.5, 0.6) is 5.75 Å². The Morgan fingerprint density at radius 1 is 1.21 bits per heavy atom. The van der Waals surface area contributed by atoms with Crippen LogP contribution in [0.25, 0.3) is 0 Å². The van der Waals surface area contributed by atoms with Gasteiger partial charge in [-0.3, -0.25) is 23.7 Å². The molecular weight excluding hydrogens is 515 g/mol. The second-order valence-corrected chi connectivity index (χ2v) is 7.96. The fraction of sp³-hybridized carbons (Fsp3) is 0.400. The third-order valence-corrected chi connectivity index (χ3v) is 4.95. The summed E-state index contributed by atoms with van der Waals surface area (Å²) in [4.78, 5) is 56.6. The quantitative estimate of drug-likeness (QED) is 0.333. The minimum absolute atomic E-state index is 0.0262. The third kappa shape index (κ3) is 7.31. The number of benzene rings is 1. The summed E-state index contributed by atoms with van der Waals surface area (Å²) >= 11 is 0. The normalized spacial score (nSPS) is 15.3. The number of ether oxygens (including phenoxy) is 2. The summed E-state index contributed by atoms with van der Waals surface area (Å²) in [7, 11) is 2.20. The predicted molar refractivity (Wildman–Crippen MR) is 134 cm³/mol. The monoisotopic (exact) mass is 552 g/mol. The van der Waals surface area contributed by atoms with Crippen molar-refractivity contribution >= 4 is 17.6 Å². The molecule has 14 heteroatoms. The van der Waals surface area contributed by atoms with Crippen LogP contribution in [0.3, 0.4) is 0 Å². The number of ketones is 1. The highest BCUT2D eigenvalue weighted by Crippen LogP contribution is 2.21. The van der Waals surface area contributed by atoms with Crippen LogP contribution in [0, 0.1) is 12.7 Å². The molecule has 0 saturated carbocycles. The maximum absolute atomic E-state index is 13.7. The lowest BCUT2D eigenvalue weighted by Gasteiger charge is -2.27. The van der Waals surface area contributed by atoms with Gasteiger partial charge in [0.2, 0.25) is 11.6 Å². The first-order valence-electron chi connectivity index (χ1n) is 15.1. The van der Waals surface area contributed by atoms with E-state index in [4.69, 9.17) is 24.9 Å². The zero-order valence-corrected chi connectivity index (χ0v) is 21.0. The van der Waals surface area contributed by atoms with Gasteiger partial charge in [0, 0.05) is 42.2 Å². The number of Topliss-reactive ketones (excluding diaryl/α,β-unsaturated/α-hetero) is 1. The number of hydrogen-bond donors (Lipinski definition) is 2. The lowest BCUT2D eigenvalue weighted by Crippen LogP contribution is -2.46. The molecule has 208 valence electrons. The minimum Gasteiger partial charge on any atom is -0.478 e. The molecule has 2 aromatic heterocycles. The van der Waals surface area contributed by atoms with Gasteiger partial charge < -0.3 is 24.5 Å². The number of rotatable bonds is 12. The number of methoxy groups -OCH3 is 1. The second kappa shape index (κ2) is 12.4. The molecule has 0 aliphatic heterocycles. The Hall–Kier alpha value is -4.46. The average Bonchev–Trinajstić information content (AvgIpc) is 3.40. The maximum atomic E-state index is 13.7. The van der Waals surface area contributed by atoms with Crippen LogP contribution in [0.2, 0.25) is 0 Å². The SMILES string of the molecule is [2H]C([2H])(NC(=O)c1nc(C(NC(=O)c2nnc(C)o2)(C([2H])([2H])[2H])C([2H])([2H])[2H])n(C)c(=O)c1OCC(=O)CCOC)c1ccc(F)cc1. The Labute approximate surface area is 234 Å². The molecule has 0 atom stereocenters. The summed E-state index contributed by atoms with van der Waals surface area (Å²) in [6.07, 6.45) is -0.181. The molecule has 0 fully saturated rings. The van der Waals surface area contributed by atoms with Gasteiger partial charge in [-0.1, -0.05) is 12.1 Å². The minimum atomic E-state index is -3.74. The summed E-state index contributed by atoms with van der Waals surface area (Å²) in [5, 5.41) is 10.6. The van der Waals surface area contributed by atoms with Crippen molar-refractivity contribution in [2.24, 2.45) is 7.05 Å². The van der Waals surface area contributed by atoms with Gasteiger partial charge in [-0.15, -0.1) is 10.2 Å². The zero-order chi connectivity index (χ0) is 35.5. The van der Waals surface area contributed by atoms with Crippen LogP contribution in [-0.4, -0.2) is 57.7 Å². The first kappa shape index (κ1) is 19.6. The van der Waals surface area contributed by atoms with E-state index in [0.717, 1.165) is 31.3 Å². The highest BCUT2D eigenvalue weighted by molar-refractivity contribution is 5.95. The van der Waals surface area contributed by atoms with Crippen LogP contribution in [0.15, 0.2) is 33.5 Å². The zero-order valence-electron chi connectivity index (χ0n) is 29.0. The lowest BCUT2D eigenvalue weighted by atomic mass is 10.0. The first-order chi connectivity index (χ1) is 21.7. The van der Waals surface area contributed by atoms with Crippen LogP contribution in [0.1, 0.15) is 69.5 Å². The summed E-state index contributed by atoms with van der Waals surface area (Å²) < 4.78 is 95.0. The number of nitrogens with one attached hydrogen (secondary N) is 2. The average molecular weight is 553 g/mol. The standard InChI is InChI=1S/C25H29FN6O7/c1-14-30-31-22(39-14)21(35)29-25(2,3)24-28-18(20(34)27-12-15-6-8-16(26)9-7-15)19(23(36)32(24)4)38-13-17(33)10-11-37-5/h6-9H,10-13H2,1-5H3,(H,27,34)(H,29,35)/i2D3,3D3,12D2. The summed E-state index contributed by atoms with van der Waals surface area (Å²) in [5.41, 5.74) is -6.35. The number of amides is 2. The van der Waals surface area contributed by atoms with E-state index in [0.29, 0.717) is 4.57 Å². The van der Waals surface area contributed by atoms with E-state index in [1.54, 1.807) is 0 Å². The van der Waals surface area contributed by atoms with Gasteiger partial charge in [0.15, 0.2) is 11.5 Å². The number of halogens is 1. The Morgan fingerprint density at radius 2 is 1.92 bits per heavy atom. The smallest absolute Gasteiger partial charge is 0.309 e. The van der Waals surface area contributed by atoms with Crippen LogP contribution >= 0.6 is 0 Å². The molecule has 0 bridgehead atoms. The number of carbonyl (C=O) groups is 3. The van der Waals surface area contributed by atoms with E-state index in [1.807, 2.05) is 10.6 Å². The molecule has 13 nitrogen and oxygen atoms in total. The Bertz CT molecular complexity index is 1690. The van der Waals surface area contributed by atoms with Crippen molar-refractivity contribution in [2.45, 2.75) is 39.1 Å². The van der Waals surface area contributed by atoms with Crippen molar-refractivity contribution in [1.82, 2.24) is 30.4 Å². The van der Waals surface area contributed by atoms with Crippen molar-refractivity contribution < 1.29 is 43.6 Å². The lowest BCUT2D eigenvalue weighted by molar-refractivity contribution is -0.121. The topological polar surface area (TPSA) is 168 Å². The maximum Gasteiger partial charge on any atom is 0.309 e. The van der Waals surface area contributed by atoms with Gasteiger partial charge in [-0.25, -0.2) is 9.37 Å². The number of hydrogen-bond acceptors (Lipinski definition) is 10. The summed E-state index contributed by atoms with van der Waals surface area (Å²) in [5.74, 6) is -7.54. The molecule has 2 amide bonds. The van der Waals surface area contributed by atoms with E-state index in [2.05, 4.69) is 15.2 Å². The van der Waals surface area contributed by atoms with Crippen LogP contribution in [0.4, 0.5) is 4.39 Å². The fourth-order valence-corrected chi connectivity index (χ4v) is 3.03. The van der Waals surface area contributed by atoms with Gasteiger partial charge in [0.05, 0.1) is 14.9 Å². The van der Waals surface area contributed by atoms with Gasteiger partial charge in [-0.2, -0.15) is 0 Å². The first-order valence-corrected chi connectivity index (χ1v) is 11.1. The van der Waals surface area contributed by atoms with E-state index < -0.39 is 84.5 Å².